The fourth-order valence-electron chi connectivity index (χ4n) is 1.61. The van der Waals surface area contributed by atoms with Gasteiger partial charge in [-0.2, -0.15) is 13.1 Å². The standard InChI is InChI=1S/C8H18N2O4S/c1-4-7-10(5-2,6-3)15(13,14)9-8(11)12/h9H,4-7H2,1-3H3/p+1. The van der Waals surface area contributed by atoms with Gasteiger partial charge in [-0.1, -0.05) is 6.92 Å². The van der Waals surface area contributed by atoms with Gasteiger partial charge in [0.15, 0.2) is 0 Å². The Hall–Kier alpha value is -0.820. The van der Waals surface area contributed by atoms with Crippen molar-refractivity contribution in [2.45, 2.75) is 27.2 Å². The van der Waals surface area contributed by atoms with E-state index < -0.39 is 16.3 Å². The third kappa shape index (κ3) is 3.07. The Morgan fingerprint density at radius 1 is 1.27 bits per heavy atom. The van der Waals surface area contributed by atoms with Gasteiger partial charge in [-0.05, 0) is 20.3 Å². The lowest BCUT2D eigenvalue weighted by Gasteiger charge is -2.33. The van der Waals surface area contributed by atoms with Crippen molar-refractivity contribution in [1.82, 2.24) is 4.72 Å². The number of amides is 1. The Kier molecular flexibility index (Phi) is 5.02. The van der Waals surface area contributed by atoms with E-state index in [-0.39, 0.29) is 3.89 Å². The molecule has 0 aliphatic rings. The second kappa shape index (κ2) is 5.32. The van der Waals surface area contributed by atoms with Crippen molar-refractivity contribution in [1.29, 1.82) is 0 Å². The van der Waals surface area contributed by atoms with E-state index in [1.165, 1.54) is 0 Å². The van der Waals surface area contributed by atoms with Crippen molar-refractivity contribution in [3.05, 3.63) is 0 Å². The SMILES string of the molecule is CCC[N+](CC)(CC)S(=O)(=O)NC(=O)O. The summed E-state index contributed by atoms with van der Waals surface area (Å²) in [5, 5.41) is 8.47. The lowest BCUT2D eigenvalue weighted by Crippen LogP contribution is -2.58. The predicted octanol–water partition coefficient (Wildman–Crippen LogP) is 0.765. The summed E-state index contributed by atoms with van der Waals surface area (Å²) >= 11 is 0. The van der Waals surface area contributed by atoms with Crippen LogP contribution >= 0.6 is 0 Å². The van der Waals surface area contributed by atoms with Crippen LogP contribution in [-0.2, 0) is 10.2 Å². The summed E-state index contributed by atoms with van der Waals surface area (Å²) in [6.07, 6.45) is -0.849. The molecule has 0 radical (unpaired) electrons. The van der Waals surface area contributed by atoms with Crippen LogP contribution in [0, 0.1) is 0 Å². The van der Waals surface area contributed by atoms with Crippen LogP contribution in [0.4, 0.5) is 4.79 Å². The predicted molar refractivity (Wildman–Crippen MR) is 56.6 cm³/mol. The molecule has 0 unspecified atom stereocenters. The average molecular weight is 239 g/mol. The quantitative estimate of drug-likeness (QED) is 0.670. The molecule has 7 heteroatoms. The summed E-state index contributed by atoms with van der Waals surface area (Å²) in [6.45, 7) is 6.46. The average Bonchev–Trinajstić information content (AvgIpc) is 2.11. The number of carboxylic acid groups (broad SMARTS) is 1. The van der Waals surface area contributed by atoms with E-state index in [0.717, 1.165) is 0 Å². The normalized spacial score (nSPS) is 12.5. The van der Waals surface area contributed by atoms with Gasteiger partial charge in [0.2, 0.25) is 0 Å². The molecule has 0 aliphatic carbocycles. The van der Waals surface area contributed by atoms with Gasteiger partial charge < -0.3 is 5.11 Å². The molecule has 0 rings (SSSR count). The number of carbonyl (C=O) groups is 1. The zero-order valence-electron chi connectivity index (χ0n) is 9.36. The molecular weight excluding hydrogens is 220 g/mol. The van der Waals surface area contributed by atoms with E-state index in [4.69, 9.17) is 5.11 Å². The van der Waals surface area contributed by atoms with E-state index in [1.807, 2.05) is 6.92 Å². The van der Waals surface area contributed by atoms with Gasteiger partial charge >= 0.3 is 16.3 Å². The highest BCUT2D eigenvalue weighted by Gasteiger charge is 2.39. The molecule has 0 fully saturated rings. The van der Waals surface area contributed by atoms with Crippen LogP contribution in [-0.4, -0.2) is 43.1 Å². The van der Waals surface area contributed by atoms with Crippen LogP contribution < -0.4 is 4.72 Å². The fraction of sp³-hybridized carbons (Fsp3) is 0.875. The minimum absolute atomic E-state index is 0.240. The number of quaternary nitrogens is 1. The van der Waals surface area contributed by atoms with Gasteiger partial charge in [-0.15, -0.1) is 0 Å². The summed E-state index contributed by atoms with van der Waals surface area (Å²) in [7, 11) is -3.86. The van der Waals surface area contributed by atoms with Gasteiger partial charge in [0.1, 0.15) is 0 Å². The first-order valence-corrected chi connectivity index (χ1v) is 6.41. The Morgan fingerprint density at radius 3 is 2.00 bits per heavy atom. The van der Waals surface area contributed by atoms with E-state index >= 15 is 0 Å². The maximum atomic E-state index is 11.8. The largest absolute Gasteiger partial charge is 0.464 e. The molecule has 6 nitrogen and oxygen atoms in total. The Morgan fingerprint density at radius 2 is 1.73 bits per heavy atom. The fourth-order valence-corrected chi connectivity index (χ4v) is 3.13. The number of nitrogens with zero attached hydrogens (tertiary/aromatic N) is 1. The monoisotopic (exact) mass is 239 g/mol. The molecule has 2 N–H and O–H groups in total. The molecule has 0 aliphatic heterocycles. The smallest absolute Gasteiger partial charge is 0.422 e. The molecule has 0 aromatic heterocycles. The topological polar surface area (TPSA) is 83.5 Å². The van der Waals surface area contributed by atoms with Crippen molar-refractivity contribution >= 4 is 16.3 Å². The van der Waals surface area contributed by atoms with Gasteiger partial charge in [-0.25, -0.2) is 8.68 Å². The first-order chi connectivity index (χ1) is 6.85. The molecule has 0 atom stereocenters. The Bertz CT molecular complexity index is 309. The molecule has 90 valence electrons. The minimum Gasteiger partial charge on any atom is -0.464 e. The van der Waals surface area contributed by atoms with E-state index in [0.29, 0.717) is 26.1 Å². The Balaban J connectivity index is 5.13. The lowest BCUT2D eigenvalue weighted by molar-refractivity contribution is -0.803. The highest BCUT2D eigenvalue weighted by Crippen LogP contribution is 2.14. The van der Waals surface area contributed by atoms with Crippen LogP contribution in [0.2, 0.25) is 0 Å². The van der Waals surface area contributed by atoms with Crippen molar-refractivity contribution in [3.63, 3.8) is 0 Å². The van der Waals surface area contributed by atoms with E-state index in [2.05, 4.69) is 0 Å². The molecule has 0 saturated carbocycles. The molecule has 15 heavy (non-hydrogen) atoms. The number of hydrogen-bond donors (Lipinski definition) is 2. The summed E-state index contributed by atoms with van der Waals surface area (Å²) < 4.78 is 25.0. The first kappa shape index (κ1) is 14.2. The first-order valence-electron chi connectivity index (χ1n) is 4.97. The van der Waals surface area contributed by atoms with Crippen molar-refractivity contribution in [2.24, 2.45) is 0 Å². The van der Waals surface area contributed by atoms with Gasteiger partial charge in [0.05, 0.1) is 19.6 Å². The molecule has 0 heterocycles. The highest BCUT2D eigenvalue weighted by molar-refractivity contribution is 7.84. The lowest BCUT2D eigenvalue weighted by atomic mass is 10.4. The molecular formula is C8H19N2O4S+. The number of hydrogen-bond acceptors (Lipinski definition) is 3. The number of nitrogens with one attached hydrogen (secondary N) is 1. The van der Waals surface area contributed by atoms with Gasteiger partial charge in [-0.3, -0.25) is 0 Å². The molecule has 1 amide bonds. The molecule has 0 aromatic carbocycles. The maximum Gasteiger partial charge on any atom is 0.422 e. The van der Waals surface area contributed by atoms with Gasteiger partial charge in [0, 0.05) is 0 Å². The van der Waals surface area contributed by atoms with Crippen LogP contribution in [0.1, 0.15) is 27.2 Å². The van der Waals surface area contributed by atoms with Crippen molar-refractivity contribution in [3.8, 4) is 0 Å². The van der Waals surface area contributed by atoms with Gasteiger partial charge in [0.25, 0.3) is 0 Å². The van der Waals surface area contributed by atoms with E-state index in [1.54, 1.807) is 18.6 Å². The number of rotatable bonds is 6. The molecule has 0 bridgehead atoms. The Labute approximate surface area is 90.7 Å². The summed E-state index contributed by atoms with van der Waals surface area (Å²) in [4.78, 5) is 10.4. The highest BCUT2D eigenvalue weighted by atomic mass is 32.2. The summed E-state index contributed by atoms with van der Waals surface area (Å²) in [6, 6.07) is 0. The molecule has 0 saturated heterocycles. The second-order valence-electron chi connectivity index (χ2n) is 3.30. The van der Waals surface area contributed by atoms with Crippen molar-refractivity contribution in [2.75, 3.05) is 19.6 Å². The summed E-state index contributed by atoms with van der Waals surface area (Å²) in [5.41, 5.74) is 0. The van der Waals surface area contributed by atoms with Crippen LogP contribution in [0.3, 0.4) is 0 Å². The summed E-state index contributed by atoms with van der Waals surface area (Å²) in [5.74, 6) is 0. The third-order valence-electron chi connectivity index (χ3n) is 2.51. The maximum absolute atomic E-state index is 11.8. The third-order valence-corrected chi connectivity index (χ3v) is 4.66. The zero-order chi connectivity index (χ0) is 12.1. The molecule has 0 spiro atoms. The van der Waals surface area contributed by atoms with Crippen LogP contribution in [0.25, 0.3) is 0 Å². The van der Waals surface area contributed by atoms with Crippen LogP contribution in [0.5, 0.6) is 0 Å². The van der Waals surface area contributed by atoms with E-state index in [9.17, 15) is 13.2 Å². The van der Waals surface area contributed by atoms with Crippen LogP contribution in [0.15, 0.2) is 0 Å². The minimum atomic E-state index is -3.86. The zero-order valence-corrected chi connectivity index (χ0v) is 10.2. The molecule has 0 aromatic rings. The van der Waals surface area contributed by atoms with Crippen molar-refractivity contribution < 1.29 is 22.2 Å². The second-order valence-corrected chi connectivity index (χ2v) is 5.23.